The molecule has 0 fully saturated rings. The topological polar surface area (TPSA) is 88.2 Å². The van der Waals surface area contributed by atoms with Gasteiger partial charge >= 0.3 is 0 Å². The third kappa shape index (κ3) is 7.28. The summed E-state index contributed by atoms with van der Waals surface area (Å²) in [4.78, 5) is 13.4. The molecule has 0 aromatic heterocycles. The average molecular weight is 504 g/mol. The second-order valence-corrected chi connectivity index (χ2v) is 9.25. The van der Waals surface area contributed by atoms with Gasteiger partial charge in [-0.25, -0.2) is 0 Å². The Balaban J connectivity index is 1.58. The van der Waals surface area contributed by atoms with Crippen molar-refractivity contribution in [3.8, 4) is 11.1 Å². The van der Waals surface area contributed by atoms with Crippen LogP contribution in [0.1, 0.15) is 27.0 Å². The second-order valence-electron chi connectivity index (χ2n) is 9.25. The van der Waals surface area contributed by atoms with Crippen molar-refractivity contribution in [3.05, 3.63) is 138 Å². The van der Waals surface area contributed by atoms with Crippen molar-refractivity contribution >= 4 is 17.8 Å². The van der Waals surface area contributed by atoms with Gasteiger partial charge in [0.2, 0.25) is 0 Å². The van der Waals surface area contributed by atoms with E-state index in [2.05, 4.69) is 17.4 Å². The Bertz CT molecular complexity index is 1370. The number of hydrogen-bond acceptors (Lipinski definition) is 3. The van der Waals surface area contributed by atoms with Gasteiger partial charge in [-0.15, -0.1) is 0 Å². The zero-order valence-corrected chi connectivity index (χ0v) is 21.5. The summed E-state index contributed by atoms with van der Waals surface area (Å²) in [5.74, 6) is -0.163. The van der Waals surface area contributed by atoms with E-state index in [0.717, 1.165) is 22.3 Å². The quantitative estimate of drug-likeness (QED) is 0.174. The maximum atomic E-state index is 13.4. The Hall–Kier alpha value is -4.48. The Labute approximate surface area is 224 Å². The number of nitrogen functional groups attached to an aromatic ring is 1. The van der Waals surface area contributed by atoms with Crippen LogP contribution in [0.2, 0.25) is 0 Å². The molecule has 5 nitrogen and oxygen atoms in total. The predicted molar refractivity (Wildman–Crippen MR) is 155 cm³/mol. The van der Waals surface area contributed by atoms with Gasteiger partial charge in [-0.2, -0.15) is 0 Å². The number of carbonyl (C=O) groups is 1. The van der Waals surface area contributed by atoms with E-state index in [4.69, 9.17) is 15.9 Å². The van der Waals surface area contributed by atoms with Gasteiger partial charge < -0.3 is 15.8 Å². The van der Waals surface area contributed by atoms with Crippen LogP contribution in [0.25, 0.3) is 17.2 Å². The lowest BCUT2D eigenvalue weighted by Gasteiger charge is -2.26. The number of ether oxygens (including phenoxy) is 1. The van der Waals surface area contributed by atoms with E-state index in [0.29, 0.717) is 24.2 Å². The van der Waals surface area contributed by atoms with Crippen LogP contribution < -0.4 is 11.1 Å². The molecule has 2 atom stereocenters. The van der Waals surface area contributed by atoms with Gasteiger partial charge in [0.1, 0.15) is 5.84 Å². The van der Waals surface area contributed by atoms with Crippen molar-refractivity contribution in [2.24, 2.45) is 11.7 Å². The van der Waals surface area contributed by atoms with Crippen LogP contribution in [-0.4, -0.2) is 31.5 Å². The summed E-state index contributed by atoms with van der Waals surface area (Å²) in [5, 5.41) is 11.0. The summed E-state index contributed by atoms with van der Waals surface area (Å²) >= 11 is 0. The molecule has 0 heterocycles. The molecule has 0 aliphatic carbocycles. The first-order chi connectivity index (χ1) is 18.5. The van der Waals surface area contributed by atoms with E-state index in [-0.39, 0.29) is 23.7 Å². The van der Waals surface area contributed by atoms with Gasteiger partial charge in [0.15, 0.2) is 0 Å². The third-order valence-electron chi connectivity index (χ3n) is 6.47. The monoisotopic (exact) mass is 503 g/mol. The molecule has 192 valence electrons. The molecule has 4 aromatic carbocycles. The van der Waals surface area contributed by atoms with Crippen molar-refractivity contribution < 1.29 is 9.53 Å². The molecule has 5 heteroatoms. The minimum Gasteiger partial charge on any atom is -0.384 e. The van der Waals surface area contributed by atoms with E-state index < -0.39 is 0 Å². The van der Waals surface area contributed by atoms with E-state index in [1.807, 2.05) is 109 Å². The highest BCUT2D eigenvalue weighted by atomic mass is 16.5. The number of amides is 1. The van der Waals surface area contributed by atoms with Crippen LogP contribution in [0.5, 0.6) is 0 Å². The zero-order chi connectivity index (χ0) is 26.7. The SMILES string of the molecule is COC[C@H](Cc1cccc(C(=N)N)c1)[C@@H](/C=C/c1ccccc1)NC(=O)c1ccc(-c2ccccc2)cc1. The highest BCUT2D eigenvalue weighted by Crippen LogP contribution is 2.21. The Morgan fingerprint density at radius 1 is 0.868 bits per heavy atom. The summed E-state index contributed by atoms with van der Waals surface area (Å²) < 4.78 is 5.59. The molecule has 0 unspecified atom stereocenters. The molecule has 0 aliphatic heterocycles. The highest BCUT2D eigenvalue weighted by molar-refractivity contribution is 5.95. The van der Waals surface area contributed by atoms with E-state index in [1.54, 1.807) is 7.11 Å². The Morgan fingerprint density at radius 2 is 1.53 bits per heavy atom. The highest BCUT2D eigenvalue weighted by Gasteiger charge is 2.23. The number of amidine groups is 1. The normalized spacial score (nSPS) is 12.7. The van der Waals surface area contributed by atoms with Crippen molar-refractivity contribution in [2.45, 2.75) is 12.5 Å². The molecule has 0 bridgehead atoms. The first kappa shape index (κ1) is 26.6. The zero-order valence-electron chi connectivity index (χ0n) is 21.5. The molecule has 0 spiro atoms. The number of carbonyl (C=O) groups excluding carboxylic acids is 1. The maximum absolute atomic E-state index is 13.4. The van der Waals surface area contributed by atoms with Gasteiger partial charge in [0.05, 0.1) is 12.6 Å². The lowest BCUT2D eigenvalue weighted by molar-refractivity contribution is 0.0902. The maximum Gasteiger partial charge on any atom is 0.251 e. The van der Waals surface area contributed by atoms with Crippen LogP contribution in [-0.2, 0) is 11.2 Å². The van der Waals surface area contributed by atoms with Crippen LogP contribution in [0.3, 0.4) is 0 Å². The Morgan fingerprint density at radius 3 is 2.18 bits per heavy atom. The standard InChI is InChI=1S/C33H33N3O2/c1-38-23-30(22-25-11-8-14-29(21-25)32(34)35)31(20-15-24-9-4-2-5-10-24)36-33(37)28-18-16-27(17-19-28)26-12-6-3-7-13-26/h2-21,30-31H,22-23H2,1H3,(H3,34,35)(H,36,37)/b20-15+/t30-,31+/m0/s1. The fraction of sp³-hybridized carbons (Fsp3) is 0.152. The van der Waals surface area contributed by atoms with Gasteiger partial charge in [0, 0.05) is 24.2 Å². The van der Waals surface area contributed by atoms with Gasteiger partial charge in [-0.05, 0) is 46.9 Å². The first-order valence-corrected chi connectivity index (χ1v) is 12.7. The lowest BCUT2D eigenvalue weighted by Crippen LogP contribution is -2.41. The number of benzene rings is 4. The summed E-state index contributed by atoms with van der Waals surface area (Å²) in [6.45, 7) is 0.446. The van der Waals surface area contributed by atoms with Gasteiger partial charge in [-0.3, -0.25) is 10.2 Å². The smallest absolute Gasteiger partial charge is 0.251 e. The third-order valence-corrected chi connectivity index (χ3v) is 6.47. The number of methoxy groups -OCH3 is 1. The van der Waals surface area contributed by atoms with Crippen LogP contribution in [0.15, 0.2) is 115 Å². The predicted octanol–water partition coefficient (Wildman–Crippen LogP) is 5.95. The van der Waals surface area contributed by atoms with Gasteiger partial charge in [-0.1, -0.05) is 103 Å². The summed E-state index contributed by atoms with van der Waals surface area (Å²) in [7, 11) is 1.67. The van der Waals surface area contributed by atoms with Gasteiger partial charge in [0.25, 0.3) is 5.91 Å². The van der Waals surface area contributed by atoms with Crippen molar-refractivity contribution in [2.75, 3.05) is 13.7 Å². The molecular formula is C33H33N3O2. The number of rotatable bonds is 11. The average Bonchev–Trinajstić information content (AvgIpc) is 2.96. The van der Waals surface area contributed by atoms with E-state index in [1.165, 1.54) is 0 Å². The molecule has 4 aromatic rings. The van der Waals surface area contributed by atoms with Crippen LogP contribution in [0, 0.1) is 11.3 Å². The van der Waals surface area contributed by atoms with E-state index >= 15 is 0 Å². The van der Waals surface area contributed by atoms with Crippen LogP contribution >= 0.6 is 0 Å². The Kier molecular flexibility index (Phi) is 9.22. The number of nitrogens with one attached hydrogen (secondary N) is 2. The van der Waals surface area contributed by atoms with Crippen molar-refractivity contribution in [3.63, 3.8) is 0 Å². The fourth-order valence-corrected chi connectivity index (χ4v) is 4.45. The van der Waals surface area contributed by atoms with Crippen LogP contribution in [0.4, 0.5) is 0 Å². The molecule has 0 saturated heterocycles. The minimum absolute atomic E-state index is 0.0305. The summed E-state index contributed by atoms with van der Waals surface area (Å²) in [6, 6.07) is 35.1. The minimum atomic E-state index is -0.294. The lowest BCUT2D eigenvalue weighted by atomic mass is 9.90. The number of hydrogen-bond donors (Lipinski definition) is 3. The first-order valence-electron chi connectivity index (χ1n) is 12.7. The molecule has 4 N–H and O–H groups in total. The molecule has 38 heavy (non-hydrogen) atoms. The van der Waals surface area contributed by atoms with Crippen molar-refractivity contribution in [1.29, 1.82) is 5.41 Å². The molecule has 0 saturated carbocycles. The molecular weight excluding hydrogens is 470 g/mol. The molecule has 4 rings (SSSR count). The fourth-order valence-electron chi connectivity index (χ4n) is 4.45. The molecule has 0 aliphatic rings. The second kappa shape index (κ2) is 13.2. The largest absolute Gasteiger partial charge is 0.384 e. The molecule has 1 amide bonds. The van der Waals surface area contributed by atoms with E-state index in [9.17, 15) is 4.79 Å². The van der Waals surface area contributed by atoms with Crippen molar-refractivity contribution in [1.82, 2.24) is 5.32 Å². The number of nitrogens with two attached hydrogens (primary N) is 1. The summed E-state index contributed by atoms with van der Waals surface area (Å²) in [5.41, 5.74) is 11.2. The summed E-state index contributed by atoms with van der Waals surface area (Å²) in [6.07, 6.45) is 4.70. The molecule has 0 radical (unpaired) electrons.